The number of rotatable bonds is 3. The summed E-state index contributed by atoms with van der Waals surface area (Å²) in [6, 6.07) is 2.38. The lowest BCUT2D eigenvalue weighted by atomic mass is 9.85. The Morgan fingerprint density at radius 3 is 2.80 bits per heavy atom. The Balaban J connectivity index is 2.23. The summed E-state index contributed by atoms with van der Waals surface area (Å²) in [5.41, 5.74) is 0.756. The van der Waals surface area contributed by atoms with Gasteiger partial charge in [-0.15, -0.1) is 0 Å². The second-order valence-corrected chi connectivity index (χ2v) is 5.67. The zero-order valence-corrected chi connectivity index (χ0v) is 13.6. The number of carbonyl (C=O) groups excluding carboxylic acids is 3. The number of urea groups is 1. The van der Waals surface area contributed by atoms with Crippen LogP contribution in [0.25, 0.3) is 0 Å². The van der Waals surface area contributed by atoms with Gasteiger partial charge in [-0.25, -0.2) is 9.59 Å². The molecule has 1 aromatic carbocycles. The number of carbonyl (C=O) groups is 3. The smallest absolute Gasteiger partial charge is 0.338 e. The number of nitrogens with zero attached hydrogens (tertiary/aromatic N) is 2. The molecule has 0 fully saturated rings. The molecule has 0 bridgehead atoms. The monoisotopic (exact) mass is 345 g/mol. The van der Waals surface area contributed by atoms with Crippen molar-refractivity contribution in [2.45, 2.75) is 19.9 Å². The Kier molecular flexibility index (Phi) is 3.99. The lowest BCUT2D eigenvalue weighted by Gasteiger charge is -2.40. The van der Waals surface area contributed by atoms with Crippen molar-refractivity contribution in [3.63, 3.8) is 0 Å². The third kappa shape index (κ3) is 2.63. The molecule has 1 N–H and O–H groups in total. The Bertz CT molecular complexity index is 844. The molecular weight excluding hydrogens is 330 g/mol. The van der Waals surface area contributed by atoms with Crippen LogP contribution in [0.1, 0.15) is 35.8 Å². The van der Waals surface area contributed by atoms with Gasteiger partial charge >= 0.3 is 12.0 Å². The van der Waals surface area contributed by atoms with Gasteiger partial charge in [0.25, 0.3) is 5.69 Å². The molecule has 25 heavy (non-hydrogen) atoms. The van der Waals surface area contributed by atoms with E-state index in [-0.39, 0.29) is 41.3 Å². The largest absolute Gasteiger partial charge is 0.463 e. The van der Waals surface area contributed by atoms with Gasteiger partial charge in [0.05, 0.1) is 29.7 Å². The molecule has 2 aliphatic rings. The molecule has 130 valence electrons. The predicted octanol–water partition coefficient (Wildman–Crippen LogP) is 1.69. The summed E-state index contributed by atoms with van der Waals surface area (Å²) in [6.07, 6.45) is 0. The van der Waals surface area contributed by atoms with Gasteiger partial charge in [-0.2, -0.15) is 0 Å². The number of hydrogen-bond donors (Lipinski definition) is 1. The first kappa shape index (κ1) is 16.6. The number of fused-ring (bicyclic) bond motifs is 3. The summed E-state index contributed by atoms with van der Waals surface area (Å²) in [6.45, 7) is 3.11. The van der Waals surface area contributed by atoms with Crippen molar-refractivity contribution < 1.29 is 24.0 Å². The predicted molar refractivity (Wildman–Crippen MR) is 84.7 cm³/mol. The highest BCUT2D eigenvalue weighted by atomic mass is 16.6. The fraction of sp³-hybridized carbons (Fsp3) is 0.312. The van der Waals surface area contributed by atoms with Gasteiger partial charge in [0.1, 0.15) is 0 Å². The third-order valence-corrected chi connectivity index (χ3v) is 4.19. The average molecular weight is 345 g/mol. The van der Waals surface area contributed by atoms with E-state index in [4.69, 9.17) is 4.74 Å². The van der Waals surface area contributed by atoms with E-state index in [1.165, 1.54) is 23.1 Å². The lowest BCUT2D eigenvalue weighted by Crippen LogP contribution is -2.52. The highest BCUT2D eigenvalue weighted by molar-refractivity contribution is 6.05. The number of hydrogen-bond acceptors (Lipinski definition) is 6. The van der Waals surface area contributed by atoms with Crippen LogP contribution < -0.4 is 5.32 Å². The van der Waals surface area contributed by atoms with Crippen LogP contribution >= 0.6 is 0 Å². The molecule has 9 heteroatoms. The zero-order valence-electron chi connectivity index (χ0n) is 13.6. The highest BCUT2D eigenvalue weighted by Gasteiger charge is 2.44. The summed E-state index contributed by atoms with van der Waals surface area (Å²) in [7, 11) is 0. The summed E-state index contributed by atoms with van der Waals surface area (Å²) in [4.78, 5) is 48.7. The molecule has 2 amide bonds. The number of benzene rings is 1. The Hall–Kier alpha value is -3.23. The first-order valence-electron chi connectivity index (χ1n) is 7.62. The minimum atomic E-state index is -0.902. The molecule has 0 spiro atoms. The fourth-order valence-corrected chi connectivity index (χ4v) is 3.12. The summed E-state index contributed by atoms with van der Waals surface area (Å²) < 4.78 is 5.06. The van der Waals surface area contributed by atoms with E-state index < -0.39 is 23.0 Å². The number of nitrogens with one attached hydrogen (secondary N) is 1. The molecule has 3 rings (SSSR count). The average Bonchev–Trinajstić information content (AvgIpc) is 2.55. The zero-order chi connectivity index (χ0) is 18.3. The van der Waals surface area contributed by atoms with Crippen molar-refractivity contribution in [2.24, 2.45) is 0 Å². The van der Waals surface area contributed by atoms with Crippen molar-refractivity contribution in [3.05, 3.63) is 50.7 Å². The minimum Gasteiger partial charge on any atom is -0.463 e. The SMILES string of the molecule is CCOC(=O)C1=C(C)NC(=O)N2CC(=O)c3ccc([N+](=O)[O-])cc3C12. The molecule has 2 aliphatic heterocycles. The molecule has 0 saturated heterocycles. The van der Waals surface area contributed by atoms with Crippen LogP contribution in [0.4, 0.5) is 10.5 Å². The number of Topliss-reactive ketones (excluding diaryl/α,β-unsaturated/α-hetero) is 1. The first-order valence-corrected chi connectivity index (χ1v) is 7.62. The molecule has 0 aromatic heterocycles. The normalized spacial score (nSPS) is 19.1. The molecule has 1 atom stereocenters. The van der Waals surface area contributed by atoms with Crippen molar-refractivity contribution in [2.75, 3.05) is 13.2 Å². The van der Waals surface area contributed by atoms with E-state index in [2.05, 4.69) is 5.32 Å². The van der Waals surface area contributed by atoms with E-state index in [1.807, 2.05) is 0 Å². The van der Waals surface area contributed by atoms with Crippen molar-refractivity contribution in [1.82, 2.24) is 10.2 Å². The highest BCUT2D eigenvalue weighted by Crippen LogP contribution is 2.40. The molecular formula is C16H15N3O6. The van der Waals surface area contributed by atoms with Crippen LogP contribution in [0.5, 0.6) is 0 Å². The van der Waals surface area contributed by atoms with Crippen LogP contribution in [0.3, 0.4) is 0 Å². The van der Waals surface area contributed by atoms with Gasteiger partial charge in [-0.05, 0) is 25.5 Å². The topological polar surface area (TPSA) is 119 Å². The van der Waals surface area contributed by atoms with E-state index in [0.29, 0.717) is 5.70 Å². The number of ether oxygens (including phenoxy) is 1. The first-order chi connectivity index (χ1) is 11.8. The number of nitro groups is 1. The van der Waals surface area contributed by atoms with Crippen molar-refractivity contribution >= 4 is 23.5 Å². The van der Waals surface area contributed by atoms with E-state index in [1.54, 1.807) is 13.8 Å². The third-order valence-electron chi connectivity index (χ3n) is 4.19. The maximum atomic E-state index is 12.4. The van der Waals surface area contributed by atoms with Gasteiger partial charge in [-0.1, -0.05) is 0 Å². The molecule has 9 nitrogen and oxygen atoms in total. The molecule has 0 aliphatic carbocycles. The quantitative estimate of drug-likeness (QED) is 0.506. The molecule has 1 unspecified atom stereocenters. The number of ketones is 1. The maximum Gasteiger partial charge on any atom is 0.338 e. The summed E-state index contributed by atoms with van der Waals surface area (Å²) in [5.74, 6) is -0.985. The van der Waals surface area contributed by atoms with Gasteiger partial charge < -0.3 is 15.0 Å². The Labute approximate surface area is 142 Å². The number of esters is 1. The van der Waals surface area contributed by atoms with E-state index in [9.17, 15) is 24.5 Å². The molecule has 1 aromatic rings. The van der Waals surface area contributed by atoms with Gasteiger partial charge in [0.15, 0.2) is 5.78 Å². The summed E-state index contributed by atoms with van der Waals surface area (Å²) in [5, 5.41) is 13.6. The second-order valence-electron chi connectivity index (χ2n) is 5.67. The van der Waals surface area contributed by atoms with Crippen LogP contribution in [0.15, 0.2) is 29.5 Å². The number of non-ortho nitro benzene ring substituents is 1. The van der Waals surface area contributed by atoms with Crippen molar-refractivity contribution in [1.29, 1.82) is 0 Å². The fourth-order valence-electron chi connectivity index (χ4n) is 3.12. The molecule has 2 heterocycles. The van der Waals surface area contributed by atoms with Gasteiger partial charge in [0, 0.05) is 23.4 Å². The standard InChI is InChI=1S/C16H15N3O6/c1-3-25-15(21)13-8(2)17-16(22)18-7-12(20)10-5-4-9(19(23)24)6-11(10)14(13)18/h4-6,14H,3,7H2,1-2H3,(H,17,22). The molecule has 0 saturated carbocycles. The Morgan fingerprint density at radius 2 is 2.16 bits per heavy atom. The second kappa shape index (κ2) is 6.00. The Morgan fingerprint density at radius 1 is 1.44 bits per heavy atom. The lowest BCUT2D eigenvalue weighted by molar-refractivity contribution is -0.385. The van der Waals surface area contributed by atoms with Crippen LogP contribution in [0.2, 0.25) is 0 Å². The van der Waals surface area contributed by atoms with E-state index >= 15 is 0 Å². The van der Waals surface area contributed by atoms with Gasteiger partial charge in [0.2, 0.25) is 0 Å². The number of amides is 2. The molecule has 0 radical (unpaired) electrons. The van der Waals surface area contributed by atoms with Crippen molar-refractivity contribution in [3.8, 4) is 0 Å². The number of allylic oxidation sites excluding steroid dienone is 1. The van der Waals surface area contributed by atoms with Crippen LogP contribution in [-0.2, 0) is 9.53 Å². The van der Waals surface area contributed by atoms with Crippen LogP contribution in [-0.4, -0.2) is 40.8 Å². The maximum absolute atomic E-state index is 12.4. The van der Waals surface area contributed by atoms with Crippen LogP contribution in [0, 0.1) is 10.1 Å². The minimum absolute atomic E-state index is 0.136. The summed E-state index contributed by atoms with van der Waals surface area (Å²) >= 11 is 0. The number of nitro benzene ring substituents is 1. The van der Waals surface area contributed by atoms with Gasteiger partial charge in [-0.3, -0.25) is 14.9 Å². The van der Waals surface area contributed by atoms with E-state index in [0.717, 1.165) is 0 Å².